The van der Waals surface area contributed by atoms with Crippen molar-refractivity contribution in [2.45, 2.75) is 19.6 Å². The lowest BCUT2D eigenvalue weighted by Gasteiger charge is -2.13. The molecule has 4 nitrogen and oxygen atoms in total. The van der Waals surface area contributed by atoms with Gasteiger partial charge in [-0.25, -0.2) is 4.98 Å². The molecule has 1 N–H and O–H groups in total. The number of ether oxygens (including phenoxy) is 2. The van der Waals surface area contributed by atoms with Crippen molar-refractivity contribution in [3.63, 3.8) is 0 Å². The first kappa shape index (κ1) is 13.2. The van der Waals surface area contributed by atoms with Crippen molar-refractivity contribution in [2.24, 2.45) is 0 Å². The van der Waals surface area contributed by atoms with Crippen LogP contribution < -0.4 is 10.1 Å². The summed E-state index contributed by atoms with van der Waals surface area (Å²) in [6.07, 6.45) is 1.57. The Bertz CT molecular complexity index is 334. The molecular formula is C11H17ClN2O2. The number of hydrogen-bond acceptors (Lipinski definition) is 4. The van der Waals surface area contributed by atoms with E-state index in [0.29, 0.717) is 24.1 Å². The Labute approximate surface area is 101 Å². The maximum Gasteiger partial charge on any atom is 0.213 e. The van der Waals surface area contributed by atoms with E-state index in [1.54, 1.807) is 13.3 Å². The molecule has 16 heavy (non-hydrogen) atoms. The minimum absolute atomic E-state index is 0.0267. The zero-order valence-corrected chi connectivity index (χ0v) is 10.5. The zero-order chi connectivity index (χ0) is 12.0. The normalized spacial score (nSPS) is 12.5. The van der Waals surface area contributed by atoms with Crippen LogP contribution >= 0.6 is 11.6 Å². The van der Waals surface area contributed by atoms with E-state index in [0.717, 1.165) is 5.56 Å². The zero-order valence-electron chi connectivity index (χ0n) is 9.79. The topological polar surface area (TPSA) is 43.4 Å². The number of methoxy groups -OCH3 is 1. The minimum atomic E-state index is -0.0267. The summed E-state index contributed by atoms with van der Waals surface area (Å²) in [5, 5.41) is 3.68. The second-order valence-corrected chi connectivity index (χ2v) is 3.94. The molecule has 1 aromatic heterocycles. The van der Waals surface area contributed by atoms with Crippen molar-refractivity contribution < 1.29 is 9.47 Å². The molecule has 1 heterocycles. The molecule has 0 bridgehead atoms. The summed E-state index contributed by atoms with van der Waals surface area (Å²) in [6, 6.07) is 1.84. The molecule has 0 aliphatic carbocycles. The highest BCUT2D eigenvalue weighted by Gasteiger charge is 2.07. The van der Waals surface area contributed by atoms with Gasteiger partial charge in [-0.05, 0) is 19.5 Å². The van der Waals surface area contributed by atoms with Crippen LogP contribution in [-0.2, 0) is 11.3 Å². The minimum Gasteiger partial charge on any atom is -0.472 e. The average Bonchev–Trinajstić information content (AvgIpc) is 2.24. The molecule has 5 heteroatoms. The van der Waals surface area contributed by atoms with Crippen molar-refractivity contribution in [1.29, 1.82) is 0 Å². The predicted octanol–water partition coefficient (Wildman–Crippen LogP) is 1.87. The first-order valence-electron chi connectivity index (χ1n) is 5.12. The van der Waals surface area contributed by atoms with Gasteiger partial charge in [-0.2, -0.15) is 0 Å². The highest BCUT2D eigenvalue weighted by atomic mass is 35.5. The molecule has 0 radical (unpaired) electrons. The Balaban J connectivity index is 2.70. The maximum atomic E-state index is 5.99. The fraction of sp³-hybridized carbons (Fsp3) is 0.545. The van der Waals surface area contributed by atoms with E-state index in [-0.39, 0.29) is 6.10 Å². The highest BCUT2D eigenvalue weighted by Crippen LogP contribution is 2.19. The van der Waals surface area contributed by atoms with Crippen LogP contribution in [0.2, 0.25) is 5.02 Å². The molecule has 0 saturated heterocycles. The fourth-order valence-electron chi connectivity index (χ4n) is 1.32. The van der Waals surface area contributed by atoms with Gasteiger partial charge < -0.3 is 14.8 Å². The molecule has 1 unspecified atom stereocenters. The summed E-state index contributed by atoms with van der Waals surface area (Å²) in [4.78, 5) is 4.11. The Morgan fingerprint density at radius 3 is 2.94 bits per heavy atom. The molecule has 0 aliphatic heterocycles. The van der Waals surface area contributed by atoms with Gasteiger partial charge in [0.05, 0.1) is 11.6 Å². The van der Waals surface area contributed by atoms with Gasteiger partial charge in [0.15, 0.2) is 0 Å². The average molecular weight is 245 g/mol. The first-order chi connectivity index (χ1) is 7.67. The van der Waals surface area contributed by atoms with E-state index < -0.39 is 0 Å². The van der Waals surface area contributed by atoms with E-state index in [1.165, 1.54) is 0 Å². The standard InChI is InChI=1S/C11H17ClN2O2/c1-8(7-15-3)16-11-4-9(5-13-2)10(12)6-14-11/h4,6,8,13H,5,7H2,1-3H3. The monoisotopic (exact) mass is 244 g/mol. The Morgan fingerprint density at radius 1 is 1.56 bits per heavy atom. The molecule has 90 valence electrons. The van der Waals surface area contributed by atoms with Crippen LogP contribution in [0.5, 0.6) is 5.88 Å². The maximum absolute atomic E-state index is 5.99. The van der Waals surface area contributed by atoms with Crippen LogP contribution in [0.3, 0.4) is 0 Å². The lowest BCUT2D eigenvalue weighted by atomic mass is 10.2. The van der Waals surface area contributed by atoms with Gasteiger partial charge in [0, 0.05) is 25.9 Å². The summed E-state index contributed by atoms with van der Waals surface area (Å²) >= 11 is 5.99. The molecule has 0 saturated carbocycles. The third-order valence-electron chi connectivity index (χ3n) is 2.00. The molecule has 0 aliphatic rings. The molecule has 0 amide bonds. The first-order valence-corrected chi connectivity index (χ1v) is 5.49. The van der Waals surface area contributed by atoms with Crippen molar-refractivity contribution >= 4 is 11.6 Å². The van der Waals surface area contributed by atoms with Crippen LogP contribution in [0.25, 0.3) is 0 Å². The van der Waals surface area contributed by atoms with Crippen molar-refractivity contribution in [3.8, 4) is 5.88 Å². The van der Waals surface area contributed by atoms with Crippen molar-refractivity contribution in [3.05, 3.63) is 22.8 Å². The summed E-state index contributed by atoms with van der Waals surface area (Å²) in [5.74, 6) is 0.569. The van der Waals surface area contributed by atoms with Gasteiger partial charge in [0.1, 0.15) is 6.10 Å². The van der Waals surface area contributed by atoms with Gasteiger partial charge >= 0.3 is 0 Å². The molecule has 1 rings (SSSR count). The van der Waals surface area contributed by atoms with Crippen LogP contribution in [0.15, 0.2) is 12.3 Å². The molecule has 0 spiro atoms. The number of hydrogen-bond donors (Lipinski definition) is 1. The Morgan fingerprint density at radius 2 is 2.31 bits per heavy atom. The largest absolute Gasteiger partial charge is 0.472 e. The number of pyridine rings is 1. The third-order valence-corrected chi connectivity index (χ3v) is 2.34. The van der Waals surface area contributed by atoms with E-state index in [4.69, 9.17) is 21.1 Å². The fourth-order valence-corrected chi connectivity index (χ4v) is 1.49. The van der Waals surface area contributed by atoms with Gasteiger partial charge in [-0.15, -0.1) is 0 Å². The summed E-state index contributed by atoms with van der Waals surface area (Å²) in [6.45, 7) is 3.15. The SMILES string of the molecule is CNCc1cc(OC(C)COC)ncc1Cl. The molecular weight excluding hydrogens is 228 g/mol. The van der Waals surface area contributed by atoms with Crippen LogP contribution in [0, 0.1) is 0 Å². The predicted molar refractivity (Wildman–Crippen MR) is 64.0 cm³/mol. The van der Waals surface area contributed by atoms with Gasteiger partial charge in [0.25, 0.3) is 0 Å². The number of nitrogens with one attached hydrogen (secondary N) is 1. The van der Waals surface area contributed by atoms with Crippen molar-refractivity contribution in [1.82, 2.24) is 10.3 Å². The van der Waals surface area contributed by atoms with E-state index in [1.807, 2.05) is 20.0 Å². The molecule has 0 fully saturated rings. The smallest absolute Gasteiger partial charge is 0.213 e. The quantitative estimate of drug-likeness (QED) is 0.830. The summed E-state index contributed by atoms with van der Waals surface area (Å²) in [5.41, 5.74) is 0.971. The van der Waals surface area contributed by atoms with Crippen LogP contribution in [0.4, 0.5) is 0 Å². The van der Waals surface area contributed by atoms with E-state index in [2.05, 4.69) is 10.3 Å². The number of aromatic nitrogens is 1. The number of halogens is 1. The van der Waals surface area contributed by atoms with E-state index in [9.17, 15) is 0 Å². The number of nitrogens with zero attached hydrogens (tertiary/aromatic N) is 1. The van der Waals surface area contributed by atoms with Crippen LogP contribution in [-0.4, -0.2) is 31.9 Å². The summed E-state index contributed by atoms with van der Waals surface area (Å²) < 4.78 is 10.6. The highest BCUT2D eigenvalue weighted by molar-refractivity contribution is 6.31. The Kier molecular flexibility index (Phi) is 5.52. The second kappa shape index (κ2) is 6.68. The van der Waals surface area contributed by atoms with E-state index >= 15 is 0 Å². The van der Waals surface area contributed by atoms with Gasteiger partial charge in [0.2, 0.25) is 5.88 Å². The van der Waals surface area contributed by atoms with Gasteiger partial charge in [-0.1, -0.05) is 11.6 Å². The Hall–Kier alpha value is -0.840. The second-order valence-electron chi connectivity index (χ2n) is 3.53. The number of rotatable bonds is 6. The van der Waals surface area contributed by atoms with Crippen LogP contribution in [0.1, 0.15) is 12.5 Å². The molecule has 1 atom stereocenters. The third kappa shape index (κ3) is 3.96. The summed E-state index contributed by atoms with van der Waals surface area (Å²) in [7, 11) is 3.51. The lowest BCUT2D eigenvalue weighted by molar-refractivity contribution is 0.0889. The van der Waals surface area contributed by atoms with Gasteiger partial charge in [-0.3, -0.25) is 0 Å². The van der Waals surface area contributed by atoms with Crippen molar-refractivity contribution in [2.75, 3.05) is 20.8 Å². The molecule has 0 aromatic carbocycles. The lowest BCUT2D eigenvalue weighted by Crippen LogP contribution is -2.18. The molecule has 1 aromatic rings.